The molecule has 1 heterocycles. The van der Waals surface area contributed by atoms with E-state index >= 15 is 0 Å². The van der Waals surface area contributed by atoms with Crippen LogP contribution in [-0.2, 0) is 13.0 Å². The molecule has 1 saturated heterocycles. The van der Waals surface area contributed by atoms with Gasteiger partial charge in [-0.15, -0.1) is 0 Å². The van der Waals surface area contributed by atoms with Gasteiger partial charge in [0, 0.05) is 42.6 Å². The molecule has 0 radical (unpaired) electrons. The Morgan fingerprint density at radius 2 is 1.15 bits per heavy atom. The highest BCUT2D eigenvalue weighted by Crippen LogP contribution is 2.34. The van der Waals surface area contributed by atoms with Crippen molar-refractivity contribution in [3.8, 4) is 0 Å². The normalized spacial score (nSPS) is 18.1. The van der Waals surface area contributed by atoms with Crippen LogP contribution in [0.25, 0.3) is 0 Å². The third kappa shape index (κ3) is 5.70. The zero-order chi connectivity index (χ0) is 23.2. The first-order valence-electron chi connectivity index (χ1n) is 12.1. The Bertz CT molecular complexity index is 1150. The van der Waals surface area contributed by atoms with Crippen LogP contribution < -0.4 is 4.90 Å². The van der Waals surface area contributed by atoms with Gasteiger partial charge in [0.1, 0.15) is 0 Å². The molecule has 5 rings (SSSR count). The van der Waals surface area contributed by atoms with Gasteiger partial charge in [0.15, 0.2) is 0 Å². The van der Waals surface area contributed by atoms with Crippen molar-refractivity contribution < 1.29 is 0 Å². The topological polar surface area (TPSA) is 6.48 Å². The number of likely N-dealkylation sites (tertiary alicyclic amines) is 1. The van der Waals surface area contributed by atoms with Crippen molar-refractivity contribution in [3.63, 3.8) is 0 Å². The van der Waals surface area contributed by atoms with Crippen molar-refractivity contribution in [2.45, 2.75) is 13.0 Å². The zero-order valence-electron chi connectivity index (χ0n) is 19.4. The Labute approximate surface area is 208 Å². The Kier molecular flexibility index (Phi) is 7.28. The van der Waals surface area contributed by atoms with E-state index in [0.29, 0.717) is 11.8 Å². The van der Waals surface area contributed by atoms with Crippen molar-refractivity contribution in [2.75, 3.05) is 24.5 Å². The Hall–Kier alpha value is -3.07. The lowest BCUT2D eigenvalue weighted by molar-refractivity contribution is 0.313. The number of hydrogen-bond donors (Lipinski definition) is 0. The summed E-state index contributed by atoms with van der Waals surface area (Å²) in [5, 5.41) is 0.772. The summed E-state index contributed by atoms with van der Waals surface area (Å²) in [6.07, 6.45) is 1.11. The highest BCUT2D eigenvalue weighted by molar-refractivity contribution is 6.30. The van der Waals surface area contributed by atoms with Gasteiger partial charge in [-0.2, -0.15) is 0 Å². The average molecular weight is 467 g/mol. The number of anilines is 2. The van der Waals surface area contributed by atoms with Gasteiger partial charge < -0.3 is 4.90 Å². The van der Waals surface area contributed by atoms with E-state index in [2.05, 4.69) is 113 Å². The Balaban J connectivity index is 1.41. The summed E-state index contributed by atoms with van der Waals surface area (Å²) in [5.41, 5.74) is 5.23. The minimum Gasteiger partial charge on any atom is -0.341 e. The lowest BCUT2D eigenvalue weighted by atomic mass is 9.89. The molecule has 4 aromatic rings. The molecule has 0 aliphatic carbocycles. The summed E-state index contributed by atoms with van der Waals surface area (Å²) < 4.78 is 0. The summed E-state index contributed by atoms with van der Waals surface area (Å²) in [6, 6.07) is 40.8. The first-order valence-corrected chi connectivity index (χ1v) is 12.5. The first-order chi connectivity index (χ1) is 16.7. The van der Waals surface area contributed by atoms with Gasteiger partial charge in [-0.25, -0.2) is 0 Å². The van der Waals surface area contributed by atoms with Crippen molar-refractivity contribution in [1.29, 1.82) is 0 Å². The predicted molar refractivity (Wildman–Crippen MR) is 144 cm³/mol. The van der Waals surface area contributed by atoms with Gasteiger partial charge in [0.2, 0.25) is 0 Å². The van der Waals surface area contributed by atoms with E-state index < -0.39 is 0 Å². The van der Waals surface area contributed by atoms with Gasteiger partial charge >= 0.3 is 0 Å². The molecule has 0 unspecified atom stereocenters. The maximum absolute atomic E-state index is 6.22. The van der Waals surface area contributed by atoms with Crippen LogP contribution in [0.3, 0.4) is 0 Å². The van der Waals surface area contributed by atoms with E-state index in [1.165, 1.54) is 22.5 Å². The smallest absolute Gasteiger partial charge is 0.0411 e. The van der Waals surface area contributed by atoms with E-state index in [0.717, 1.165) is 37.6 Å². The van der Waals surface area contributed by atoms with Crippen molar-refractivity contribution in [3.05, 3.63) is 131 Å². The molecular weight excluding hydrogens is 436 g/mol. The highest BCUT2D eigenvalue weighted by Gasteiger charge is 2.34. The first kappa shape index (κ1) is 22.7. The third-order valence-corrected chi connectivity index (χ3v) is 7.12. The molecule has 4 aromatic carbocycles. The zero-order valence-corrected chi connectivity index (χ0v) is 20.2. The molecule has 1 aliphatic heterocycles. The lowest BCUT2D eigenvalue weighted by Gasteiger charge is -2.30. The van der Waals surface area contributed by atoms with Gasteiger partial charge in [-0.1, -0.05) is 90.5 Å². The number of benzene rings is 4. The molecule has 3 heteroatoms. The Morgan fingerprint density at radius 1 is 0.618 bits per heavy atom. The quantitative estimate of drug-likeness (QED) is 0.265. The summed E-state index contributed by atoms with van der Waals surface area (Å²) in [7, 11) is 0. The molecule has 1 aliphatic rings. The number of halogens is 1. The lowest BCUT2D eigenvalue weighted by Crippen LogP contribution is -2.30. The van der Waals surface area contributed by atoms with Crippen LogP contribution in [-0.4, -0.2) is 24.5 Å². The summed E-state index contributed by atoms with van der Waals surface area (Å²) in [6.45, 7) is 4.21. The van der Waals surface area contributed by atoms with Gasteiger partial charge in [0.05, 0.1) is 0 Å². The van der Waals surface area contributed by atoms with Gasteiger partial charge in [0.25, 0.3) is 0 Å². The van der Waals surface area contributed by atoms with Crippen LogP contribution in [0.4, 0.5) is 11.4 Å². The molecule has 0 N–H and O–H groups in total. The number of nitrogens with zero attached hydrogens (tertiary/aromatic N) is 2. The molecule has 0 bridgehead atoms. The Morgan fingerprint density at radius 3 is 1.79 bits per heavy atom. The van der Waals surface area contributed by atoms with Gasteiger partial charge in [-0.3, -0.25) is 4.90 Å². The maximum Gasteiger partial charge on any atom is 0.0411 e. The molecule has 0 aromatic heterocycles. The van der Waals surface area contributed by atoms with Crippen molar-refractivity contribution in [1.82, 2.24) is 4.90 Å². The fourth-order valence-electron chi connectivity index (χ4n) is 5.18. The van der Waals surface area contributed by atoms with Crippen LogP contribution in [0.15, 0.2) is 115 Å². The molecule has 0 saturated carbocycles. The van der Waals surface area contributed by atoms with Crippen molar-refractivity contribution in [2.24, 2.45) is 11.8 Å². The van der Waals surface area contributed by atoms with E-state index in [1.54, 1.807) is 0 Å². The summed E-state index contributed by atoms with van der Waals surface area (Å²) in [4.78, 5) is 5.10. The fourth-order valence-corrected chi connectivity index (χ4v) is 5.31. The minimum atomic E-state index is 0.555. The third-order valence-electron chi connectivity index (χ3n) is 6.87. The second-order valence-electron chi connectivity index (χ2n) is 9.31. The number of hydrogen-bond acceptors (Lipinski definition) is 2. The average Bonchev–Trinajstić information content (AvgIpc) is 3.25. The molecule has 2 nitrogen and oxygen atoms in total. The highest BCUT2D eigenvalue weighted by atomic mass is 35.5. The molecule has 0 spiro atoms. The standard InChI is InChI=1S/C31H31ClN2/c32-29-16-18-31(19-17-29)34(30-14-8-3-9-15-30)24-28-23-33(21-26-12-6-2-7-13-26)22-27(28)20-25-10-4-1-5-11-25/h1-19,27-28H,20-24H2/t27-,28+/m1/s1. The second kappa shape index (κ2) is 10.9. The molecule has 34 heavy (non-hydrogen) atoms. The van der Waals surface area contributed by atoms with Crippen molar-refractivity contribution >= 4 is 23.0 Å². The largest absolute Gasteiger partial charge is 0.341 e. The van der Waals surface area contributed by atoms with Crippen LogP contribution in [0.1, 0.15) is 11.1 Å². The van der Waals surface area contributed by atoms with Crippen LogP contribution in [0.2, 0.25) is 5.02 Å². The maximum atomic E-state index is 6.22. The molecular formula is C31H31ClN2. The van der Waals surface area contributed by atoms with Gasteiger partial charge in [-0.05, 0) is 65.8 Å². The number of para-hydroxylation sites is 1. The van der Waals surface area contributed by atoms with Crippen LogP contribution in [0, 0.1) is 11.8 Å². The minimum absolute atomic E-state index is 0.555. The molecule has 0 amide bonds. The number of rotatable bonds is 8. The molecule has 2 atom stereocenters. The second-order valence-corrected chi connectivity index (χ2v) is 9.75. The predicted octanol–water partition coefficient (Wildman–Crippen LogP) is 7.47. The van der Waals surface area contributed by atoms with E-state index in [-0.39, 0.29) is 0 Å². The molecule has 1 fully saturated rings. The fraction of sp³-hybridized carbons (Fsp3) is 0.226. The van der Waals surface area contributed by atoms with E-state index in [4.69, 9.17) is 11.6 Å². The monoisotopic (exact) mass is 466 g/mol. The van der Waals surface area contributed by atoms with E-state index in [1.807, 2.05) is 12.1 Å². The summed E-state index contributed by atoms with van der Waals surface area (Å²) >= 11 is 6.22. The summed E-state index contributed by atoms with van der Waals surface area (Å²) in [5.74, 6) is 1.16. The SMILES string of the molecule is Clc1ccc(N(C[C@@H]2CN(Cc3ccccc3)C[C@H]2Cc2ccccc2)c2ccccc2)cc1. The molecule has 172 valence electrons. The van der Waals surface area contributed by atoms with E-state index in [9.17, 15) is 0 Å². The van der Waals surface area contributed by atoms with Crippen LogP contribution in [0.5, 0.6) is 0 Å². The van der Waals surface area contributed by atoms with Crippen LogP contribution >= 0.6 is 11.6 Å².